The Morgan fingerprint density at radius 3 is 2.55 bits per heavy atom. The van der Waals surface area contributed by atoms with Crippen LogP contribution in [0, 0.1) is 20.8 Å². The van der Waals surface area contributed by atoms with E-state index in [1.807, 2.05) is 18.5 Å². The summed E-state index contributed by atoms with van der Waals surface area (Å²) in [6, 6.07) is 0. The van der Waals surface area contributed by atoms with Crippen LogP contribution >= 0.6 is 11.3 Å². The second-order valence-corrected chi connectivity index (χ2v) is 8.48. The Labute approximate surface area is 176 Å². The molecular weight excluding hydrogens is 388 g/mol. The first-order valence-electron chi connectivity index (χ1n) is 10.1. The van der Waals surface area contributed by atoms with Gasteiger partial charge in [-0.15, -0.1) is 21.5 Å². The molecule has 160 valence electrons. The molecule has 0 aromatic carbocycles. The Hall–Kier alpha value is -2.04. The van der Waals surface area contributed by atoms with Crippen molar-refractivity contribution in [1.82, 2.24) is 35.3 Å². The number of guanidine groups is 1. The van der Waals surface area contributed by atoms with Crippen molar-refractivity contribution in [3.8, 4) is 0 Å². The summed E-state index contributed by atoms with van der Waals surface area (Å²) < 4.78 is 7.38. The summed E-state index contributed by atoms with van der Waals surface area (Å²) in [5.74, 6) is 2.53. The first-order valence-corrected chi connectivity index (χ1v) is 10.9. The largest absolute Gasteiger partial charge is 0.379 e. The number of hydrogen-bond acceptors (Lipinski definition) is 7. The standard InChI is InChI=1S/C19H32N8OS/c1-14-15(2)29-18(23-14)5-6-20-19(21-7-8-27-9-11-28-12-10-27)22-13-17-25-24-16(3)26(17)4/h5-13H2,1-4H3,(H2,20,21,22). The minimum Gasteiger partial charge on any atom is -0.379 e. The molecule has 10 heteroatoms. The van der Waals surface area contributed by atoms with Crippen LogP contribution in [0.4, 0.5) is 0 Å². The van der Waals surface area contributed by atoms with Crippen molar-refractivity contribution in [2.75, 3.05) is 45.9 Å². The Balaban J connectivity index is 1.53. The van der Waals surface area contributed by atoms with E-state index in [1.54, 1.807) is 11.3 Å². The molecule has 1 saturated heterocycles. The zero-order chi connectivity index (χ0) is 20.6. The van der Waals surface area contributed by atoms with Gasteiger partial charge in [0.05, 0.1) is 23.9 Å². The van der Waals surface area contributed by atoms with E-state index in [9.17, 15) is 0 Å². The molecule has 2 aromatic heterocycles. The molecule has 0 atom stereocenters. The molecule has 2 aromatic rings. The van der Waals surface area contributed by atoms with Gasteiger partial charge in [0.25, 0.3) is 0 Å². The highest BCUT2D eigenvalue weighted by Gasteiger charge is 2.11. The Morgan fingerprint density at radius 1 is 1.14 bits per heavy atom. The molecule has 0 bridgehead atoms. The Morgan fingerprint density at radius 2 is 1.90 bits per heavy atom. The van der Waals surface area contributed by atoms with Crippen molar-refractivity contribution in [1.29, 1.82) is 0 Å². The van der Waals surface area contributed by atoms with E-state index in [-0.39, 0.29) is 0 Å². The van der Waals surface area contributed by atoms with Gasteiger partial charge >= 0.3 is 0 Å². The molecule has 1 aliphatic heterocycles. The fourth-order valence-corrected chi connectivity index (χ4v) is 3.94. The molecule has 29 heavy (non-hydrogen) atoms. The van der Waals surface area contributed by atoms with Gasteiger partial charge in [0.15, 0.2) is 11.8 Å². The molecule has 1 aliphatic rings. The third-order valence-electron chi connectivity index (χ3n) is 5.09. The second-order valence-electron chi connectivity index (χ2n) is 7.19. The van der Waals surface area contributed by atoms with Crippen LogP contribution < -0.4 is 10.6 Å². The normalized spacial score (nSPS) is 15.7. The number of aliphatic imine (C=N–C) groups is 1. The van der Waals surface area contributed by atoms with Crippen LogP contribution in [0.2, 0.25) is 0 Å². The van der Waals surface area contributed by atoms with E-state index in [0.717, 1.165) is 80.7 Å². The monoisotopic (exact) mass is 420 g/mol. The number of nitrogens with zero attached hydrogens (tertiary/aromatic N) is 6. The lowest BCUT2D eigenvalue weighted by Crippen LogP contribution is -2.44. The zero-order valence-corrected chi connectivity index (χ0v) is 18.7. The summed E-state index contributed by atoms with van der Waals surface area (Å²) >= 11 is 1.77. The first-order chi connectivity index (χ1) is 14.0. The fourth-order valence-electron chi connectivity index (χ4n) is 3.00. The molecule has 0 aliphatic carbocycles. The fraction of sp³-hybridized carbons (Fsp3) is 0.684. The minimum atomic E-state index is 0.486. The first kappa shape index (κ1) is 21.7. The lowest BCUT2D eigenvalue weighted by molar-refractivity contribution is 0.0389. The number of morpholine rings is 1. The van der Waals surface area contributed by atoms with E-state index in [1.165, 1.54) is 4.88 Å². The molecule has 0 radical (unpaired) electrons. The molecule has 9 nitrogen and oxygen atoms in total. The average molecular weight is 421 g/mol. The SMILES string of the molecule is Cc1nc(CCNC(=NCc2nnc(C)n2C)NCCN2CCOCC2)sc1C. The van der Waals surface area contributed by atoms with Gasteiger partial charge in [0.2, 0.25) is 0 Å². The van der Waals surface area contributed by atoms with Gasteiger partial charge in [0.1, 0.15) is 12.4 Å². The number of ether oxygens (including phenoxy) is 1. The van der Waals surface area contributed by atoms with Crippen molar-refractivity contribution < 1.29 is 4.74 Å². The maximum absolute atomic E-state index is 5.41. The zero-order valence-electron chi connectivity index (χ0n) is 17.9. The molecule has 1 fully saturated rings. The third-order valence-corrected chi connectivity index (χ3v) is 6.22. The van der Waals surface area contributed by atoms with E-state index < -0.39 is 0 Å². The maximum Gasteiger partial charge on any atom is 0.191 e. The summed E-state index contributed by atoms with van der Waals surface area (Å²) in [6.45, 7) is 12.8. The molecule has 3 rings (SSSR count). The van der Waals surface area contributed by atoms with E-state index in [4.69, 9.17) is 9.73 Å². The van der Waals surface area contributed by atoms with Crippen molar-refractivity contribution in [3.63, 3.8) is 0 Å². The lowest BCUT2D eigenvalue weighted by atomic mass is 10.4. The number of nitrogens with one attached hydrogen (secondary N) is 2. The van der Waals surface area contributed by atoms with Crippen molar-refractivity contribution >= 4 is 17.3 Å². The van der Waals surface area contributed by atoms with E-state index in [0.29, 0.717) is 6.54 Å². The molecule has 0 saturated carbocycles. The van der Waals surface area contributed by atoms with Gasteiger partial charge in [-0.25, -0.2) is 9.98 Å². The highest BCUT2D eigenvalue weighted by molar-refractivity contribution is 7.11. The summed E-state index contributed by atoms with van der Waals surface area (Å²) in [5.41, 5.74) is 1.13. The highest BCUT2D eigenvalue weighted by Crippen LogP contribution is 2.16. The van der Waals surface area contributed by atoms with Crippen LogP contribution in [0.25, 0.3) is 0 Å². The molecule has 2 N–H and O–H groups in total. The Kier molecular flexibility index (Phi) is 7.96. The molecule has 0 spiro atoms. The smallest absolute Gasteiger partial charge is 0.191 e. The van der Waals surface area contributed by atoms with E-state index in [2.05, 4.69) is 44.6 Å². The number of aryl methyl sites for hydroxylation is 3. The molecule has 0 unspecified atom stereocenters. The number of thiazole rings is 1. The van der Waals surface area contributed by atoms with Crippen LogP contribution in [0.3, 0.4) is 0 Å². The lowest BCUT2D eigenvalue weighted by Gasteiger charge is -2.26. The molecule has 0 amide bonds. The number of hydrogen-bond donors (Lipinski definition) is 2. The van der Waals surface area contributed by atoms with Crippen molar-refractivity contribution in [2.45, 2.75) is 33.7 Å². The Bertz CT molecular complexity index is 790. The van der Waals surface area contributed by atoms with Gasteiger partial charge < -0.3 is 19.9 Å². The average Bonchev–Trinajstić information content (AvgIpc) is 3.21. The van der Waals surface area contributed by atoms with Gasteiger partial charge in [-0.1, -0.05) is 0 Å². The van der Waals surface area contributed by atoms with E-state index >= 15 is 0 Å². The number of aromatic nitrogens is 4. The predicted octanol–water partition coefficient (Wildman–Crippen LogP) is 0.807. The topological polar surface area (TPSA) is 92.5 Å². The van der Waals surface area contributed by atoms with Gasteiger partial charge in [0, 0.05) is 51.1 Å². The quantitative estimate of drug-likeness (QED) is 0.482. The summed E-state index contributed by atoms with van der Waals surface area (Å²) in [4.78, 5) is 13.0. The summed E-state index contributed by atoms with van der Waals surface area (Å²) in [5, 5.41) is 16.3. The molecule has 3 heterocycles. The van der Waals surface area contributed by atoms with Gasteiger partial charge in [-0.2, -0.15) is 0 Å². The van der Waals surface area contributed by atoms with Crippen LogP contribution in [-0.4, -0.2) is 76.5 Å². The van der Waals surface area contributed by atoms with Crippen LogP contribution in [0.1, 0.15) is 27.2 Å². The predicted molar refractivity (Wildman–Crippen MR) is 115 cm³/mol. The third kappa shape index (κ3) is 6.48. The summed E-state index contributed by atoms with van der Waals surface area (Å²) in [6.07, 6.45) is 0.882. The van der Waals surface area contributed by atoms with Crippen molar-refractivity contribution in [3.05, 3.63) is 27.2 Å². The van der Waals surface area contributed by atoms with Crippen LogP contribution in [0.15, 0.2) is 4.99 Å². The molecular formula is C19H32N8OS. The van der Waals surface area contributed by atoms with Crippen LogP contribution in [0.5, 0.6) is 0 Å². The van der Waals surface area contributed by atoms with Crippen LogP contribution in [-0.2, 0) is 24.8 Å². The maximum atomic E-state index is 5.41. The van der Waals surface area contributed by atoms with Crippen molar-refractivity contribution in [2.24, 2.45) is 12.0 Å². The van der Waals surface area contributed by atoms with Gasteiger partial charge in [-0.3, -0.25) is 4.90 Å². The van der Waals surface area contributed by atoms with Gasteiger partial charge in [-0.05, 0) is 20.8 Å². The highest BCUT2D eigenvalue weighted by atomic mass is 32.1. The number of rotatable bonds is 8. The summed E-state index contributed by atoms with van der Waals surface area (Å²) in [7, 11) is 1.96. The minimum absolute atomic E-state index is 0.486. The second kappa shape index (κ2) is 10.7.